The number of nitrogens with zero attached hydrogens (tertiary/aromatic N) is 1. The molecule has 1 saturated carbocycles. The minimum atomic E-state index is -0.0363. The van der Waals surface area contributed by atoms with E-state index in [0.717, 1.165) is 54.8 Å². The Morgan fingerprint density at radius 3 is 2.73 bits per heavy atom. The molecule has 2 aromatic carbocycles. The summed E-state index contributed by atoms with van der Waals surface area (Å²) in [7, 11) is 0. The molecular formula is C26H32Cl3N3O. The number of fused-ring (bicyclic) bond motifs is 1. The zero-order valence-corrected chi connectivity index (χ0v) is 21.3. The molecule has 7 heteroatoms. The van der Waals surface area contributed by atoms with Gasteiger partial charge in [-0.15, -0.1) is 12.4 Å². The number of halogens is 3. The third-order valence-electron chi connectivity index (χ3n) is 6.30. The number of amides is 1. The van der Waals surface area contributed by atoms with Gasteiger partial charge in [0, 0.05) is 24.0 Å². The fraction of sp³-hybridized carbons (Fsp3) is 0.423. The summed E-state index contributed by atoms with van der Waals surface area (Å²) in [6.07, 6.45) is 4.37. The quantitative estimate of drug-likeness (QED) is 0.276. The van der Waals surface area contributed by atoms with Gasteiger partial charge in [-0.3, -0.25) is 4.79 Å². The lowest BCUT2D eigenvalue weighted by Crippen LogP contribution is -2.30. The lowest BCUT2D eigenvalue weighted by molar-refractivity contribution is 0.0948. The molecule has 0 radical (unpaired) electrons. The molecule has 4 rings (SSSR count). The second-order valence-corrected chi connectivity index (χ2v) is 9.56. The number of benzene rings is 2. The van der Waals surface area contributed by atoms with Crippen LogP contribution in [0.25, 0.3) is 10.9 Å². The number of rotatable bonds is 11. The van der Waals surface area contributed by atoms with Crippen molar-refractivity contribution in [3.8, 4) is 0 Å². The van der Waals surface area contributed by atoms with Crippen LogP contribution < -0.4 is 5.32 Å². The molecule has 3 aromatic rings. The molecule has 4 nitrogen and oxygen atoms in total. The highest BCUT2D eigenvalue weighted by Crippen LogP contribution is 2.50. The van der Waals surface area contributed by atoms with Gasteiger partial charge in [-0.05, 0) is 74.4 Å². The Bertz CT molecular complexity index is 1030. The summed E-state index contributed by atoms with van der Waals surface area (Å²) in [6.45, 7) is 6.18. The zero-order valence-electron chi connectivity index (χ0n) is 18.9. The van der Waals surface area contributed by atoms with Gasteiger partial charge in [0.2, 0.25) is 0 Å². The van der Waals surface area contributed by atoms with E-state index in [1.54, 1.807) is 0 Å². The lowest BCUT2D eigenvalue weighted by atomic mass is 10.1. The van der Waals surface area contributed by atoms with Crippen LogP contribution in [0.15, 0.2) is 48.5 Å². The smallest absolute Gasteiger partial charge is 0.267 e. The Labute approximate surface area is 212 Å². The molecule has 2 atom stereocenters. The first-order valence-corrected chi connectivity index (χ1v) is 12.3. The van der Waals surface area contributed by atoms with E-state index < -0.39 is 0 Å². The van der Waals surface area contributed by atoms with Gasteiger partial charge in [0.1, 0.15) is 5.69 Å². The maximum absolute atomic E-state index is 12.4. The average Bonchev–Trinajstić information content (AvgIpc) is 3.40. The first kappa shape index (κ1) is 25.9. The van der Waals surface area contributed by atoms with Gasteiger partial charge >= 0.3 is 0 Å². The average molecular weight is 509 g/mol. The predicted octanol–water partition coefficient (Wildman–Crippen LogP) is 6.92. The van der Waals surface area contributed by atoms with Gasteiger partial charge in [0.05, 0.1) is 10.0 Å². The van der Waals surface area contributed by atoms with E-state index in [0.29, 0.717) is 29.1 Å². The summed E-state index contributed by atoms with van der Waals surface area (Å²) in [5.74, 6) is 1.14. The van der Waals surface area contributed by atoms with Crippen LogP contribution in [-0.2, 0) is 0 Å². The van der Waals surface area contributed by atoms with Gasteiger partial charge in [0.25, 0.3) is 5.91 Å². The molecule has 1 aromatic heterocycles. The highest BCUT2D eigenvalue weighted by molar-refractivity contribution is 6.42. The minimum Gasteiger partial charge on any atom is -0.351 e. The van der Waals surface area contributed by atoms with Crippen LogP contribution in [0, 0.1) is 5.92 Å². The van der Waals surface area contributed by atoms with E-state index in [4.69, 9.17) is 23.2 Å². The predicted molar refractivity (Wildman–Crippen MR) is 141 cm³/mol. The number of hydrogen-bond donors (Lipinski definition) is 2. The van der Waals surface area contributed by atoms with Crippen molar-refractivity contribution in [2.24, 2.45) is 5.92 Å². The second-order valence-electron chi connectivity index (χ2n) is 8.78. The van der Waals surface area contributed by atoms with E-state index in [-0.39, 0.29) is 18.3 Å². The van der Waals surface area contributed by atoms with Crippen molar-refractivity contribution < 1.29 is 4.79 Å². The molecule has 1 aliphatic rings. The topological polar surface area (TPSA) is 48.1 Å². The maximum Gasteiger partial charge on any atom is 0.267 e. The zero-order chi connectivity index (χ0) is 22.5. The van der Waals surface area contributed by atoms with E-state index in [9.17, 15) is 4.79 Å². The third kappa shape index (κ3) is 6.66. The highest BCUT2D eigenvalue weighted by Gasteiger charge is 2.40. The number of unbranched alkanes of at least 4 members (excludes halogenated alkanes) is 1. The molecular weight excluding hydrogens is 477 g/mol. The van der Waals surface area contributed by atoms with E-state index in [2.05, 4.69) is 28.2 Å². The first-order valence-electron chi connectivity index (χ1n) is 11.6. The Hall–Kier alpha value is -1.72. The van der Waals surface area contributed by atoms with Crippen LogP contribution in [0.5, 0.6) is 0 Å². The summed E-state index contributed by atoms with van der Waals surface area (Å²) in [6, 6.07) is 15.8. The number of nitrogens with one attached hydrogen (secondary N) is 2. The van der Waals surface area contributed by atoms with Crippen molar-refractivity contribution in [2.75, 3.05) is 26.2 Å². The Kier molecular flexibility index (Phi) is 9.51. The number of H-pyrrole nitrogens is 1. The first-order chi connectivity index (χ1) is 15.6. The lowest BCUT2D eigenvalue weighted by Gasteiger charge is -2.22. The molecule has 0 aliphatic heterocycles. The van der Waals surface area contributed by atoms with Crippen LogP contribution in [0.3, 0.4) is 0 Å². The van der Waals surface area contributed by atoms with Crippen LogP contribution in [-0.4, -0.2) is 42.0 Å². The van der Waals surface area contributed by atoms with Gasteiger partial charge in [0.15, 0.2) is 0 Å². The fourth-order valence-electron chi connectivity index (χ4n) is 4.53. The SMILES string of the molecule is CCCN(CCCCNC(=O)c1cc2ccccc2[nH]1)C[C@@H]1C[C@H]1c1cccc(Cl)c1Cl.Cl. The molecule has 2 N–H and O–H groups in total. The second kappa shape index (κ2) is 12.1. The minimum absolute atomic E-state index is 0. The number of aromatic amines is 1. The molecule has 178 valence electrons. The normalized spacial score (nSPS) is 17.2. The standard InChI is InChI=1S/C26H31Cl2N3O.ClH/c1-2-13-31(17-19-15-21(19)20-9-7-10-22(27)25(20)28)14-6-5-12-29-26(32)24-16-18-8-3-4-11-23(18)30-24;/h3-4,7-11,16,19,21,30H,2,5-6,12-15,17H2,1H3,(H,29,32);1H/t19-,21+;/m0./s1. The fourth-order valence-corrected chi connectivity index (χ4v) is 4.98. The summed E-state index contributed by atoms with van der Waals surface area (Å²) in [5.41, 5.74) is 2.81. The van der Waals surface area contributed by atoms with Crippen LogP contribution in [0.2, 0.25) is 10.0 Å². The number of aromatic nitrogens is 1. The van der Waals surface area contributed by atoms with Gasteiger partial charge in [-0.2, -0.15) is 0 Å². The largest absolute Gasteiger partial charge is 0.351 e. The van der Waals surface area contributed by atoms with Crippen LogP contribution in [0.4, 0.5) is 0 Å². The summed E-state index contributed by atoms with van der Waals surface area (Å²) in [4.78, 5) is 18.2. The molecule has 1 fully saturated rings. The van der Waals surface area contributed by atoms with Gasteiger partial charge in [-0.25, -0.2) is 0 Å². The molecule has 1 aliphatic carbocycles. The van der Waals surface area contributed by atoms with Crippen LogP contribution >= 0.6 is 35.6 Å². The van der Waals surface area contributed by atoms with Crippen molar-refractivity contribution in [2.45, 2.75) is 38.5 Å². The van der Waals surface area contributed by atoms with E-state index in [1.165, 1.54) is 12.0 Å². The van der Waals surface area contributed by atoms with Crippen molar-refractivity contribution in [1.29, 1.82) is 0 Å². The van der Waals surface area contributed by atoms with Crippen molar-refractivity contribution in [3.05, 3.63) is 69.8 Å². The molecule has 1 heterocycles. The Morgan fingerprint density at radius 1 is 1.12 bits per heavy atom. The number of carbonyl (C=O) groups is 1. The maximum atomic E-state index is 12.4. The van der Waals surface area contributed by atoms with Gasteiger partial charge < -0.3 is 15.2 Å². The van der Waals surface area contributed by atoms with Crippen molar-refractivity contribution >= 4 is 52.4 Å². The molecule has 1 amide bonds. The monoisotopic (exact) mass is 507 g/mol. The number of carbonyl (C=O) groups excluding carboxylic acids is 1. The Morgan fingerprint density at radius 2 is 1.94 bits per heavy atom. The van der Waals surface area contributed by atoms with Crippen molar-refractivity contribution in [1.82, 2.24) is 15.2 Å². The van der Waals surface area contributed by atoms with Crippen molar-refractivity contribution in [3.63, 3.8) is 0 Å². The van der Waals surface area contributed by atoms with E-state index >= 15 is 0 Å². The molecule has 0 unspecified atom stereocenters. The summed E-state index contributed by atoms with van der Waals surface area (Å²) < 4.78 is 0. The summed E-state index contributed by atoms with van der Waals surface area (Å²) in [5, 5.41) is 5.47. The van der Waals surface area contributed by atoms with E-state index in [1.807, 2.05) is 42.5 Å². The number of para-hydroxylation sites is 1. The van der Waals surface area contributed by atoms with Gasteiger partial charge in [-0.1, -0.05) is 60.5 Å². The Balaban J connectivity index is 0.00000306. The molecule has 0 spiro atoms. The number of hydrogen-bond acceptors (Lipinski definition) is 2. The molecule has 0 bridgehead atoms. The van der Waals surface area contributed by atoms with Crippen LogP contribution in [0.1, 0.15) is 54.6 Å². The third-order valence-corrected chi connectivity index (χ3v) is 7.13. The molecule has 33 heavy (non-hydrogen) atoms. The summed E-state index contributed by atoms with van der Waals surface area (Å²) >= 11 is 12.6. The molecule has 0 saturated heterocycles. The highest BCUT2D eigenvalue weighted by atomic mass is 35.5.